The molecule has 2 unspecified atom stereocenters. The Morgan fingerprint density at radius 3 is 2.55 bits per heavy atom. The summed E-state index contributed by atoms with van der Waals surface area (Å²) in [4.78, 5) is 23.0. The molecule has 0 aromatic heterocycles. The minimum atomic E-state index is -0.790. The van der Waals surface area contributed by atoms with Gasteiger partial charge in [-0.05, 0) is 31.6 Å². The van der Waals surface area contributed by atoms with Crippen molar-refractivity contribution in [2.24, 2.45) is 5.92 Å². The molecule has 1 saturated carbocycles. The van der Waals surface area contributed by atoms with Gasteiger partial charge in [0.05, 0.1) is 12.5 Å². The zero-order valence-electron chi connectivity index (χ0n) is 13.4. The van der Waals surface area contributed by atoms with E-state index in [-0.39, 0.29) is 24.5 Å². The van der Waals surface area contributed by atoms with Gasteiger partial charge in [-0.3, -0.25) is 9.59 Å². The van der Waals surface area contributed by atoms with Crippen LogP contribution in [-0.4, -0.2) is 35.7 Å². The summed E-state index contributed by atoms with van der Waals surface area (Å²) in [6, 6.07) is -0.00639. The minimum Gasteiger partial charge on any atom is -0.481 e. The van der Waals surface area contributed by atoms with Gasteiger partial charge in [0.1, 0.15) is 0 Å². The van der Waals surface area contributed by atoms with Crippen LogP contribution in [0.4, 0.5) is 0 Å². The number of hydrogen-bond donors (Lipinski definition) is 2. The predicted molar refractivity (Wildman–Crippen MR) is 83.6 cm³/mol. The lowest BCUT2D eigenvalue weighted by molar-refractivity contribution is -0.137. The molecule has 5 heteroatoms. The molecule has 0 aromatic rings. The molecular weight excluding hydrogens is 282 g/mol. The maximum atomic E-state index is 12.2. The molecule has 1 aliphatic carbocycles. The lowest BCUT2D eigenvalue weighted by atomic mass is 9.84. The number of carbonyl (C=O) groups is 2. The van der Waals surface area contributed by atoms with Crippen LogP contribution < -0.4 is 5.32 Å². The SMILES string of the molecule is O=C(O)CCC(CC1CCCCC1)NC(=O)CC1CCCO1. The fourth-order valence-electron chi connectivity index (χ4n) is 3.67. The topological polar surface area (TPSA) is 75.6 Å². The number of carboxylic acids is 1. The van der Waals surface area contributed by atoms with Crippen LogP contribution in [0.1, 0.15) is 70.6 Å². The lowest BCUT2D eigenvalue weighted by Crippen LogP contribution is -2.38. The van der Waals surface area contributed by atoms with E-state index in [4.69, 9.17) is 9.84 Å². The summed E-state index contributed by atoms with van der Waals surface area (Å²) in [6.45, 7) is 0.752. The molecule has 0 spiro atoms. The highest BCUT2D eigenvalue weighted by Gasteiger charge is 2.24. The Labute approximate surface area is 132 Å². The van der Waals surface area contributed by atoms with Gasteiger partial charge in [-0.25, -0.2) is 0 Å². The Morgan fingerprint density at radius 2 is 1.91 bits per heavy atom. The van der Waals surface area contributed by atoms with Crippen LogP contribution in [0.25, 0.3) is 0 Å². The van der Waals surface area contributed by atoms with Gasteiger partial charge in [-0.15, -0.1) is 0 Å². The summed E-state index contributed by atoms with van der Waals surface area (Å²) >= 11 is 0. The molecule has 0 bridgehead atoms. The molecule has 2 N–H and O–H groups in total. The summed E-state index contributed by atoms with van der Waals surface area (Å²) in [7, 11) is 0. The maximum Gasteiger partial charge on any atom is 0.303 e. The third kappa shape index (κ3) is 6.34. The Kier molecular flexibility index (Phi) is 7.16. The van der Waals surface area contributed by atoms with E-state index in [0.717, 1.165) is 25.9 Å². The number of hydrogen-bond acceptors (Lipinski definition) is 3. The van der Waals surface area contributed by atoms with Crippen molar-refractivity contribution >= 4 is 11.9 Å². The quantitative estimate of drug-likeness (QED) is 0.722. The second kappa shape index (κ2) is 9.13. The first-order chi connectivity index (χ1) is 10.6. The fraction of sp³-hybridized carbons (Fsp3) is 0.882. The van der Waals surface area contributed by atoms with Crippen LogP contribution in [0.15, 0.2) is 0 Å². The van der Waals surface area contributed by atoms with Crippen molar-refractivity contribution in [1.29, 1.82) is 0 Å². The van der Waals surface area contributed by atoms with E-state index in [1.54, 1.807) is 0 Å². The maximum absolute atomic E-state index is 12.2. The zero-order valence-corrected chi connectivity index (χ0v) is 13.4. The molecule has 2 fully saturated rings. The average molecular weight is 311 g/mol. The molecule has 2 aliphatic rings. The second-order valence-corrected chi connectivity index (χ2v) is 6.78. The van der Waals surface area contributed by atoms with Crippen molar-refractivity contribution < 1.29 is 19.4 Å². The van der Waals surface area contributed by atoms with Gasteiger partial charge in [0.2, 0.25) is 5.91 Å². The van der Waals surface area contributed by atoms with Gasteiger partial charge in [-0.2, -0.15) is 0 Å². The van der Waals surface area contributed by atoms with E-state index in [9.17, 15) is 9.59 Å². The summed E-state index contributed by atoms with van der Waals surface area (Å²) in [5, 5.41) is 12.0. The number of aliphatic carboxylic acids is 1. The molecule has 1 heterocycles. The number of rotatable bonds is 8. The lowest BCUT2D eigenvalue weighted by Gasteiger charge is -2.27. The summed E-state index contributed by atoms with van der Waals surface area (Å²) in [6.07, 6.45) is 10.3. The van der Waals surface area contributed by atoms with Crippen LogP contribution in [0.3, 0.4) is 0 Å². The smallest absolute Gasteiger partial charge is 0.303 e. The number of carboxylic acid groups (broad SMARTS) is 1. The van der Waals surface area contributed by atoms with Gasteiger partial charge >= 0.3 is 5.97 Å². The summed E-state index contributed by atoms with van der Waals surface area (Å²) in [5.41, 5.74) is 0. The van der Waals surface area contributed by atoms with Crippen molar-refractivity contribution in [3.63, 3.8) is 0 Å². The van der Waals surface area contributed by atoms with Crippen molar-refractivity contribution in [3.8, 4) is 0 Å². The van der Waals surface area contributed by atoms with Crippen LogP contribution in [0, 0.1) is 5.92 Å². The second-order valence-electron chi connectivity index (χ2n) is 6.78. The third-order valence-electron chi connectivity index (χ3n) is 4.85. The minimum absolute atomic E-state index is 0.00639. The Morgan fingerprint density at radius 1 is 1.14 bits per heavy atom. The largest absolute Gasteiger partial charge is 0.481 e. The molecule has 0 radical (unpaired) electrons. The van der Waals surface area contributed by atoms with Gasteiger partial charge in [-0.1, -0.05) is 32.1 Å². The van der Waals surface area contributed by atoms with Crippen LogP contribution in [0.2, 0.25) is 0 Å². The predicted octanol–water partition coefficient (Wildman–Crippen LogP) is 2.88. The highest BCUT2D eigenvalue weighted by molar-refractivity contribution is 5.77. The van der Waals surface area contributed by atoms with E-state index >= 15 is 0 Å². The molecule has 1 saturated heterocycles. The monoisotopic (exact) mass is 311 g/mol. The first kappa shape index (κ1) is 17.3. The summed E-state index contributed by atoms with van der Waals surface area (Å²) in [5.74, 6) is -0.143. The molecule has 2 atom stereocenters. The van der Waals surface area contributed by atoms with Gasteiger partial charge in [0, 0.05) is 19.1 Å². The summed E-state index contributed by atoms with van der Waals surface area (Å²) < 4.78 is 5.50. The van der Waals surface area contributed by atoms with Crippen molar-refractivity contribution in [3.05, 3.63) is 0 Å². The van der Waals surface area contributed by atoms with E-state index in [0.29, 0.717) is 18.8 Å². The molecule has 2 rings (SSSR count). The highest BCUT2D eigenvalue weighted by Crippen LogP contribution is 2.28. The number of ether oxygens (including phenoxy) is 1. The van der Waals surface area contributed by atoms with Gasteiger partial charge in [0.25, 0.3) is 0 Å². The van der Waals surface area contributed by atoms with Crippen molar-refractivity contribution in [2.75, 3.05) is 6.61 Å². The van der Waals surface area contributed by atoms with E-state index in [1.165, 1.54) is 32.1 Å². The Hall–Kier alpha value is -1.10. The van der Waals surface area contributed by atoms with Crippen molar-refractivity contribution in [2.45, 2.75) is 82.8 Å². The van der Waals surface area contributed by atoms with E-state index < -0.39 is 5.97 Å². The Balaban J connectivity index is 1.79. The average Bonchev–Trinajstić information content (AvgIpc) is 2.98. The van der Waals surface area contributed by atoms with Gasteiger partial charge < -0.3 is 15.2 Å². The van der Waals surface area contributed by atoms with Crippen LogP contribution in [-0.2, 0) is 14.3 Å². The molecule has 0 aromatic carbocycles. The fourth-order valence-corrected chi connectivity index (χ4v) is 3.67. The number of carbonyl (C=O) groups excluding carboxylic acids is 1. The molecular formula is C17H29NO4. The standard InChI is InChI=1S/C17H29NO4/c19-16(12-15-7-4-10-22-15)18-14(8-9-17(20)21)11-13-5-2-1-3-6-13/h13-15H,1-12H2,(H,18,19)(H,20,21). The molecule has 5 nitrogen and oxygen atoms in total. The zero-order chi connectivity index (χ0) is 15.8. The number of nitrogens with one attached hydrogen (secondary N) is 1. The third-order valence-corrected chi connectivity index (χ3v) is 4.85. The molecule has 1 aliphatic heterocycles. The van der Waals surface area contributed by atoms with E-state index in [1.807, 2.05) is 0 Å². The first-order valence-electron chi connectivity index (χ1n) is 8.76. The van der Waals surface area contributed by atoms with Crippen molar-refractivity contribution in [1.82, 2.24) is 5.32 Å². The van der Waals surface area contributed by atoms with Crippen LogP contribution in [0.5, 0.6) is 0 Å². The van der Waals surface area contributed by atoms with Crippen LogP contribution >= 0.6 is 0 Å². The number of amides is 1. The normalized spacial score (nSPS) is 24.1. The van der Waals surface area contributed by atoms with E-state index in [2.05, 4.69) is 5.32 Å². The molecule has 126 valence electrons. The molecule has 1 amide bonds. The van der Waals surface area contributed by atoms with Gasteiger partial charge in [0.15, 0.2) is 0 Å². The molecule has 22 heavy (non-hydrogen) atoms. The first-order valence-corrected chi connectivity index (χ1v) is 8.76. The highest BCUT2D eigenvalue weighted by atomic mass is 16.5. The Bertz CT molecular complexity index is 360.